The molecule has 0 aromatic carbocycles. The van der Waals surface area contributed by atoms with E-state index in [-0.39, 0.29) is 0 Å². The van der Waals surface area contributed by atoms with Crippen molar-refractivity contribution in [3.63, 3.8) is 0 Å². The fourth-order valence-electron chi connectivity index (χ4n) is 2.56. The molecular formula is C15H24N4O2. The number of pyridine rings is 1. The molecule has 0 spiro atoms. The number of esters is 1. The van der Waals surface area contributed by atoms with Gasteiger partial charge in [0.05, 0.1) is 12.8 Å². The Morgan fingerprint density at radius 2 is 2.05 bits per heavy atom. The van der Waals surface area contributed by atoms with Crippen molar-refractivity contribution in [3.8, 4) is 0 Å². The number of ether oxygens (including phenoxy) is 1. The van der Waals surface area contributed by atoms with Crippen LogP contribution in [0.1, 0.15) is 30.8 Å². The van der Waals surface area contributed by atoms with Crippen LogP contribution in [0.15, 0.2) is 12.1 Å². The van der Waals surface area contributed by atoms with E-state index < -0.39 is 5.97 Å². The average molecular weight is 292 g/mol. The molecule has 2 heterocycles. The lowest BCUT2D eigenvalue weighted by Gasteiger charge is -2.38. The average Bonchev–Trinajstić information content (AvgIpc) is 2.54. The summed E-state index contributed by atoms with van der Waals surface area (Å²) in [6, 6.07) is 3.91. The fraction of sp³-hybridized carbons (Fsp3) is 0.600. The van der Waals surface area contributed by atoms with Crippen molar-refractivity contribution in [3.05, 3.63) is 17.8 Å². The van der Waals surface area contributed by atoms with E-state index in [0.717, 1.165) is 32.6 Å². The monoisotopic (exact) mass is 292 g/mol. The Kier molecular flexibility index (Phi) is 5.01. The van der Waals surface area contributed by atoms with Crippen LogP contribution < -0.4 is 10.6 Å². The molecule has 2 N–H and O–H groups in total. The number of nitrogens with two attached hydrogens (primary N) is 1. The molecule has 0 amide bonds. The molecule has 6 heteroatoms. The molecule has 116 valence electrons. The van der Waals surface area contributed by atoms with E-state index in [9.17, 15) is 4.79 Å². The number of methoxy groups -OCH3 is 1. The predicted octanol–water partition coefficient (Wildman–Crippen LogP) is 1.37. The minimum Gasteiger partial charge on any atom is -0.464 e. The number of hydrogen-bond donors (Lipinski definition) is 1. The zero-order valence-corrected chi connectivity index (χ0v) is 13.0. The van der Waals surface area contributed by atoms with Gasteiger partial charge >= 0.3 is 5.97 Å². The van der Waals surface area contributed by atoms with Crippen LogP contribution in [-0.2, 0) is 4.74 Å². The van der Waals surface area contributed by atoms with Crippen molar-refractivity contribution in [2.75, 3.05) is 43.9 Å². The highest BCUT2D eigenvalue weighted by molar-refractivity contribution is 5.88. The van der Waals surface area contributed by atoms with Gasteiger partial charge in [-0.05, 0) is 25.5 Å². The van der Waals surface area contributed by atoms with E-state index in [1.165, 1.54) is 7.11 Å². The van der Waals surface area contributed by atoms with Gasteiger partial charge < -0.3 is 15.4 Å². The minimum absolute atomic E-state index is 0.297. The Balaban J connectivity index is 2.11. The Morgan fingerprint density at radius 3 is 2.62 bits per heavy atom. The molecule has 0 bridgehead atoms. The highest BCUT2D eigenvalue weighted by atomic mass is 16.5. The zero-order chi connectivity index (χ0) is 15.4. The summed E-state index contributed by atoms with van der Waals surface area (Å²) in [7, 11) is 1.35. The third-order valence-electron chi connectivity index (χ3n) is 4.13. The molecule has 0 saturated carbocycles. The maximum absolute atomic E-state index is 11.6. The molecule has 0 radical (unpaired) electrons. The van der Waals surface area contributed by atoms with Crippen LogP contribution in [0, 0.1) is 0 Å². The van der Waals surface area contributed by atoms with Crippen LogP contribution in [0.4, 0.5) is 11.5 Å². The van der Waals surface area contributed by atoms with Gasteiger partial charge in [0.25, 0.3) is 0 Å². The van der Waals surface area contributed by atoms with Crippen molar-refractivity contribution in [2.24, 2.45) is 0 Å². The van der Waals surface area contributed by atoms with Crippen molar-refractivity contribution >= 4 is 17.5 Å². The molecule has 1 saturated heterocycles. The maximum atomic E-state index is 11.6. The van der Waals surface area contributed by atoms with Gasteiger partial charge in [0.15, 0.2) is 11.5 Å². The topological polar surface area (TPSA) is 71.7 Å². The van der Waals surface area contributed by atoms with Crippen LogP contribution in [-0.4, -0.2) is 55.2 Å². The van der Waals surface area contributed by atoms with Crippen molar-refractivity contribution < 1.29 is 9.53 Å². The van der Waals surface area contributed by atoms with Gasteiger partial charge in [-0.2, -0.15) is 0 Å². The number of carbonyl (C=O) groups excluding carboxylic acids is 1. The molecule has 1 aliphatic heterocycles. The second kappa shape index (κ2) is 6.76. The number of piperazine rings is 1. The maximum Gasteiger partial charge on any atom is 0.356 e. The van der Waals surface area contributed by atoms with Crippen LogP contribution in [0.25, 0.3) is 0 Å². The lowest BCUT2D eigenvalue weighted by Crippen LogP contribution is -2.49. The third-order valence-corrected chi connectivity index (χ3v) is 4.13. The summed E-state index contributed by atoms with van der Waals surface area (Å²) in [5, 5.41) is 0. The number of hydrogen-bond acceptors (Lipinski definition) is 6. The minimum atomic E-state index is -0.436. The van der Waals surface area contributed by atoms with E-state index in [0.29, 0.717) is 23.2 Å². The summed E-state index contributed by atoms with van der Waals surface area (Å²) in [4.78, 5) is 20.6. The molecule has 1 aromatic heterocycles. The summed E-state index contributed by atoms with van der Waals surface area (Å²) in [6.45, 7) is 8.16. The summed E-state index contributed by atoms with van der Waals surface area (Å²) in [5.41, 5.74) is 6.91. The molecule has 1 aromatic rings. The van der Waals surface area contributed by atoms with Crippen LogP contribution in [0.5, 0.6) is 0 Å². The van der Waals surface area contributed by atoms with Crippen molar-refractivity contribution in [2.45, 2.75) is 26.3 Å². The number of carbonyl (C=O) groups is 1. The molecule has 6 nitrogen and oxygen atoms in total. The standard InChI is InChI=1S/C15H24N4O2/c1-4-11(2)18-7-9-19(10-8-18)14-12(16)5-6-13(17-14)15(20)21-3/h5-6,11H,4,7-10,16H2,1-3H3. The predicted molar refractivity (Wildman–Crippen MR) is 83.5 cm³/mol. The number of aromatic nitrogens is 1. The summed E-state index contributed by atoms with van der Waals surface area (Å²) in [6.07, 6.45) is 1.15. The first-order chi connectivity index (χ1) is 10.1. The van der Waals surface area contributed by atoms with E-state index in [1.807, 2.05) is 0 Å². The molecule has 1 fully saturated rings. The first kappa shape index (κ1) is 15.6. The molecule has 0 aliphatic carbocycles. The second-order valence-corrected chi connectivity index (χ2v) is 5.38. The van der Waals surface area contributed by atoms with Gasteiger partial charge in [-0.1, -0.05) is 6.92 Å². The van der Waals surface area contributed by atoms with Gasteiger partial charge in [0, 0.05) is 32.2 Å². The highest BCUT2D eigenvalue weighted by Crippen LogP contribution is 2.23. The van der Waals surface area contributed by atoms with Crippen molar-refractivity contribution in [1.29, 1.82) is 0 Å². The molecule has 1 aliphatic rings. The van der Waals surface area contributed by atoms with E-state index in [1.54, 1.807) is 12.1 Å². The first-order valence-corrected chi connectivity index (χ1v) is 7.40. The van der Waals surface area contributed by atoms with Crippen LogP contribution in [0.3, 0.4) is 0 Å². The van der Waals surface area contributed by atoms with E-state index >= 15 is 0 Å². The number of nitrogens with zero attached hydrogens (tertiary/aromatic N) is 3. The van der Waals surface area contributed by atoms with Gasteiger partial charge in [-0.3, -0.25) is 4.90 Å². The summed E-state index contributed by atoms with van der Waals surface area (Å²) < 4.78 is 4.71. The second-order valence-electron chi connectivity index (χ2n) is 5.38. The molecular weight excluding hydrogens is 268 g/mol. The summed E-state index contributed by atoms with van der Waals surface area (Å²) in [5.74, 6) is 0.246. The SMILES string of the molecule is CCC(C)N1CCN(c2nc(C(=O)OC)ccc2N)CC1. The number of nitrogen functional groups attached to an aromatic ring is 1. The molecule has 1 unspecified atom stereocenters. The number of anilines is 2. The molecule has 1 atom stereocenters. The van der Waals surface area contributed by atoms with E-state index in [2.05, 4.69) is 28.6 Å². The van der Waals surface area contributed by atoms with Crippen LogP contribution >= 0.6 is 0 Å². The largest absolute Gasteiger partial charge is 0.464 e. The van der Waals surface area contributed by atoms with Gasteiger partial charge in [-0.25, -0.2) is 9.78 Å². The Labute approximate surface area is 125 Å². The quantitative estimate of drug-likeness (QED) is 0.845. The third kappa shape index (κ3) is 3.44. The lowest BCUT2D eigenvalue weighted by molar-refractivity contribution is 0.0594. The highest BCUT2D eigenvalue weighted by Gasteiger charge is 2.23. The smallest absolute Gasteiger partial charge is 0.356 e. The van der Waals surface area contributed by atoms with E-state index in [4.69, 9.17) is 10.5 Å². The van der Waals surface area contributed by atoms with Gasteiger partial charge in [0.2, 0.25) is 0 Å². The van der Waals surface area contributed by atoms with Crippen LogP contribution in [0.2, 0.25) is 0 Å². The van der Waals surface area contributed by atoms with Crippen molar-refractivity contribution in [1.82, 2.24) is 9.88 Å². The fourth-order valence-corrected chi connectivity index (χ4v) is 2.56. The van der Waals surface area contributed by atoms with Gasteiger partial charge in [-0.15, -0.1) is 0 Å². The lowest BCUT2D eigenvalue weighted by atomic mass is 10.2. The zero-order valence-electron chi connectivity index (χ0n) is 13.0. The Morgan fingerprint density at radius 1 is 1.38 bits per heavy atom. The van der Waals surface area contributed by atoms with Gasteiger partial charge in [0.1, 0.15) is 0 Å². The number of rotatable bonds is 4. The molecule has 21 heavy (non-hydrogen) atoms. The Bertz CT molecular complexity index is 498. The normalized spacial score (nSPS) is 17.6. The first-order valence-electron chi connectivity index (χ1n) is 7.40. The molecule has 2 rings (SSSR count). The summed E-state index contributed by atoms with van der Waals surface area (Å²) >= 11 is 0. The Hall–Kier alpha value is -1.82.